The number of hydrogen-bond acceptors (Lipinski definition) is 1. The van der Waals surface area contributed by atoms with Crippen LogP contribution in [0.5, 0.6) is 5.75 Å². The van der Waals surface area contributed by atoms with Crippen molar-refractivity contribution in [3.8, 4) is 5.75 Å². The predicted octanol–water partition coefficient (Wildman–Crippen LogP) is 4.39. The van der Waals surface area contributed by atoms with E-state index in [0.29, 0.717) is 5.75 Å². The minimum atomic E-state index is -0.270. The van der Waals surface area contributed by atoms with Gasteiger partial charge in [-0.1, -0.05) is 100 Å². The minimum absolute atomic E-state index is 0. The van der Waals surface area contributed by atoms with Gasteiger partial charge >= 0.3 is 0 Å². The fourth-order valence-electron chi connectivity index (χ4n) is 3.46. The third-order valence-corrected chi connectivity index (χ3v) is 5.38. The van der Waals surface area contributed by atoms with E-state index in [9.17, 15) is 5.11 Å². The van der Waals surface area contributed by atoms with E-state index in [0.717, 1.165) is 5.56 Å². The zero-order valence-corrected chi connectivity index (χ0v) is 16.5. The van der Waals surface area contributed by atoms with Crippen LogP contribution in [0.25, 0.3) is 0 Å². The number of phenolic OH excluding ortho intramolecular Hbond substituents is 1. The zero-order valence-electron chi connectivity index (χ0n) is 16.5. The molecule has 3 nitrogen and oxygen atoms in total. The van der Waals surface area contributed by atoms with Crippen LogP contribution in [-0.4, -0.2) is 16.1 Å². The van der Waals surface area contributed by atoms with E-state index in [2.05, 4.69) is 70.2 Å². The highest BCUT2D eigenvalue weighted by atomic mass is 16.3. The summed E-state index contributed by atoms with van der Waals surface area (Å²) < 4.78 is 0. The second kappa shape index (κ2) is 8.38. The van der Waals surface area contributed by atoms with Crippen LogP contribution < -0.4 is 0 Å². The Kier molecular flexibility index (Phi) is 6.96. The number of benzene rings is 3. The summed E-state index contributed by atoms with van der Waals surface area (Å²) in [6.45, 7) is 8.79. The van der Waals surface area contributed by atoms with Crippen molar-refractivity contribution in [1.29, 1.82) is 0 Å². The van der Waals surface area contributed by atoms with Gasteiger partial charge in [0, 0.05) is 16.4 Å². The van der Waals surface area contributed by atoms with Gasteiger partial charge in [-0.2, -0.15) is 0 Å². The molecule has 0 atom stereocenters. The van der Waals surface area contributed by atoms with Crippen molar-refractivity contribution in [3.05, 3.63) is 101 Å². The van der Waals surface area contributed by atoms with Crippen molar-refractivity contribution in [2.75, 3.05) is 0 Å². The molecule has 144 valence electrons. The standard InChI is InChI=1S/C24H26O.2H2O/c1-23(2,18-11-7-5-8-12-18)20-15-16-22(25)21(17-20)24(3,4)19-13-9-6-10-14-19;;/h5-17,25H,1-4H3;2*1H2. The van der Waals surface area contributed by atoms with Gasteiger partial charge in [-0.15, -0.1) is 0 Å². The third kappa shape index (κ3) is 4.21. The predicted molar refractivity (Wildman–Crippen MR) is 112 cm³/mol. The average molecular weight is 367 g/mol. The number of hydrogen-bond donors (Lipinski definition) is 1. The summed E-state index contributed by atoms with van der Waals surface area (Å²) in [5.41, 5.74) is 4.23. The molecular formula is C24H30O3. The smallest absolute Gasteiger partial charge is 0.119 e. The van der Waals surface area contributed by atoms with Gasteiger partial charge in [-0.3, -0.25) is 0 Å². The van der Waals surface area contributed by atoms with Gasteiger partial charge in [0.1, 0.15) is 5.75 Å². The van der Waals surface area contributed by atoms with Gasteiger partial charge in [0.25, 0.3) is 0 Å². The lowest BCUT2D eigenvalue weighted by Gasteiger charge is -2.31. The molecule has 0 saturated heterocycles. The van der Waals surface area contributed by atoms with Gasteiger partial charge < -0.3 is 16.1 Å². The summed E-state index contributed by atoms with van der Waals surface area (Å²) in [5, 5.41) is 10.6. The van der Waals surface area contributed by atoms with Crippen LogP contribution in [0.4, 0.5) is 0 Å². The summed E-state index contributed by atoms with van der Waals surface area (Å²) in [5.74, 6) is 0.349. The highest BCUT2D eigenvalue weighted by molar-refractivity contribution is 5.50. The molecule has 0 spiro atoms. The van der Waals surface area contributed by atoms with Crippen molar-refractivity contribution >= 4 is 0 Å². The van der Waals surface area contributed by atoms with Crippen LogP contribution >= 0.6 is 0 Å². The van der Waals surface area contributed by atoms with E-state index in [4.69, 9.17) is 0 Å². The van der Waals surface area contributed by atoms with Crippen molar-refractivity contribution in [3.63, 3.8) is 0 Å². The Morgan fingerprint density at radius 1 is 0.556 bits per heavy atom. The molecule has 0 unspecified atom stereocenters. The summed E-state index contributed by atoms with van der Waals surface area (Å²) >= 11 is 0. The molecular weight excluding hydrogens is 336 g/mol. The molecule has 3 rings (SSSR count). The molecule has 0 aromatic heterocycles. The Bertz CT molecular complexity index is 853. The van der Waals surface area contributed by atoms with Crippen LogP contribution in [0, 0.1) is 0 Å². The Hall–Kier alpha value is -2.62. The summed E-state index contributed by atoms with van der Waals surface area (Å²) in [6.07, 6.45) is 0. The van der Waals surface area contributed by atoms with Crippen LogP contribution in [-0.2, 0) is 10.8 Å². The molecule has 5 N–H and O–H groups in total. The Balaban J connectivity index is 0.00000182. The maximum Gasteiger partial charge on any atom is 0.119 e. The molecule has 0 fully saturated rings. The SMILES string of the molecule is CC(C)(c1ccccc1)c1ccc(O)c(C(C)(C)c2ccccc2)c1.O.O. The fraction of sp³-hybridized carbons (Fsp3) is 0.250. The number of aromatic hydroxyl groups is 1. The molecule has 0 heterocycles. The molecule has 27 heavy (non-hydrogen) atoms. The third-order valence-electron chi connectivity index (χ3n) is 5.38. The fourth-order valence-corrected chi connectivity index (χ4v) is 3.46. The van der Waals surface area contributed by atoms with E-state index >= 15 is 0 Å². The maximum atomic E-state index is 10.6. The van der Waals surface area contributed by atoms with Crippen molar-refractivity contribution in [1.82, 2.24) is 0 Å². The Morgan fingerprint density at radius 2 is 1.00 bits per heavy atom. The lowest BCUT2D eigenvalue weighted by atomic mass is 9.73. The Labute approximate surface area is 161 Å². The van der Waals surface area contributed by atoms with E-state index in [1.54, 1.807) is 0 Å². The molecule has 0 bridgehead atoms. The first kappa shape index (κ1) is 22.4. The summed E-state index contributed by atoms with van der Waals surface area (Å²) in [4.78, 5) is 0. The largest absolute Gasteiger partial charge is 0.508 e. The first-order chi connectivity index (χ1) is 11.8. The van der Waals surface area contributed by atoms with Crippen LogP contribution in [0.3, 0.4) is 0 Å². The zero-order chi connectivity index (χ0) is 18.1. The lowest BCUT2D eigenvalue weighted by molar-refractivity contribution is 0.451. The highest BCUT2D eigenvalue weighted by Gasteiger charge is 2.29. The summed E-state index contributed by atoms with van der Waals surface area (Å²) in [6, 6.07) is 26.9. The lowest BCUT2D eigenvalue weighted by Crippen LogP contribution is -2.23. The monoisotopic (exact) mass is 366 g/mol. The van der Waals surface area contributed by atoms with Crippen LogP contribution in [0.2, 0.25) is 0 Å². The molecule has 3 heteroatoms. The van der Waals surface area contributed by atoms with Gasteiger partial charge in [-0.05, 0) is 22.8 Å². The molecule has 0 amide bonds. The second-order valence-corrected chi connectivity index (χ2v) is 7.71. The molecule has 3 aromatic rings. The molecule has 0 saturated carbocycles. The van der Waals surface area contributed by atoms with E-state index in [1.807, 2.05) is 36.4 Å². The van der Waals surface area contributed by atoms with Gasteiger partial charge in [-0.25, -0.2) is 0 Å². The van der Waals surface area contributed by atoms with E-state index in [-0.39, 0.29) is 21.8 Å². The minimum Gasteiger partial charge on any atom is -0.508 e. The molecule has 0 aliphatic carbocycles. The first-order valence-corrected chi connectivity index (χ1v) is 8.78. The average Bonchev–Trinajstić information content (AvgIpc) is 2.63. The molecule has 0 aliphatic heterocycles. The van der Waals surface area contributed by atoms with Crippen LogP contribution in [0.15, 0.2) is 78.9 Å². The maximum absolute atomic E-state index is 10.6. The van der Waals surface area contributed by atoms with Gasteiger partial charge in [0.2, 0.25) is 0 Å². The molecule has 0 aliphatic rings. The van der Waals surface area contributed by atoms with Crippen molar-refractivity contribution in [2.24, 2.45) is 0 Å². The van der Waals surface area contributed by atoms with Gasteiger partial charge in [0.05, 0.1) is 0 Å². The van der Waals surface area contributed by atoms with Crippen LogP contribution in [0.1, 0.15) is 49.9 Å². The molecule has 0 radical (unpaired) electrons. The Morgan fingerprint density at radius 3 is 1.48 bits per heavy atom. The second-order valence-electron chi connectivity index (χ2n) is 7.71. The number of phenols is 1. The summed E-state index contributed by atoms with van der Waals surface area (Å²) in [7, 11) is 0. The quantitative estimate of drug-likeness (QED) is 0.729. The van der Waals surface area contributed by atoms with E-state index in [1.165, 1.54) is 16.7 Å². The first-order valence-electron chi connectivity index (χ1n) is 8.78. The highest BCUT2D eigenvalue weighted by Crippen LogP contribution is 2.40. The van der Waals surface area contributed by atoms with E-state index < -0.39 is 0 Å². The normalized spacial score (nSPS) is 11.3. The molecule has 3 aromatic carbocycles. The number of rotatable bonds is 4. The van der Waals surface area contributed by atoms with Crippen molar-refractivity contribution < 1.29 is 16.1 Å². The topological polar surface area (TPSA) is 83.2 Å². The van der Waals surface area contributed by atoms with Crippen molar-refractivity contribution in [2.45, 2.75) is 38.5 Å². The van der Waals surface area contributed by atoms with Gasteiger partial charge in [0.15, 0.2) is 0 Å².